The summed E-state index contributed by atoms with van der Waals surface area (Å²) in [6, 6.07) is 55.0. The van der Waals surface area contributed by atoms with Crippen molar-refractivity contribution in [3.8, 4) is 67.1 Å². The highest BCUT2D eigenvalue weighted by Crippen LogP contribution is 2.50. The summed E-state index contributed by atoms with van der Waals surface area (Å²) < 4.78 is 50.3. The molecule has 10 aromatic rings. The molecule has 1 aliphatic heterocycles. The predicted molar refractivity (Wildman–Crippen MR) is 224 cm³/mol. The lowest BCUT2D eigenvalue weighted by atomic mass is 9.85. The minimum absolute atomic E-state index is 0.164. The van der Waals surface area contributed by atoms with E-state index in [1.807, 2.05) is 48.5 Å². The standard InChI is InChI=1S/C52H32O/c1-3-12-33(13-4-1)36-23-26-49-48(31-36)45-21-11-20-44-42(25-27-50(53-49)52(44)45)39-28-38(34-14-5-2-6-15-34)29-40(30-39)51-43-19-10-8-17-37(43)32-47-41-18-9-7-16-35(41)22-24-46(47)51/h1-32H/i2D,5D,6D,14D,15D. The van der Waals surface area contributed by atoms with E-state index in [4.69, 9.17) is 11.6 Å². The zero-order chi connectivity index (χ0) is 39.2. The molecule has 10 aromatic carbocycles. The first-order chi connectivity index (χ1) is 28.3. The van der Waals surface area contributed by atoms with Gasteiger partial charge in [-0.3, -0.25) is 0 Å². The number of hydrogen-bond acceptors (Lipinski definition) is 1. The van der Waals surface area contributed by atoms with Gasteiger partial charge in [0.05, 0.1) is 6.85 Å². The Balaban J connectivity index is 1.21. The van der Waals surface area contributed by atoms with Crippen LogP contribution in [0, 0.1) is 0 Å². The fourth-order valence-corrected chi connectivity index (χ4v) is 8.29. The second kappa shape index (κ2) is 11.8. The lowest BCUT2D eigenvalue weighted by Gasteiger charge is -2.23. The van der Waals surface area contributed by atoms with Crippen molar-refractivity contribution < 1.29 is 11.6 Å². The summed E-state index contributed by atoms with van der Waals surface area (Å²) in [4.78, 5) is 0. The molecule has 0 aromatic heterocycles. The van der Waals surface area contributed by atoms with Crippen LogP contribution in [0.3, 0.4) is 0 Å². The average molecular weight is 678 g/mol. The quantitative estimate of drug-likeness (QED) is 0.133. The molecule has 0 aliphatic carbocycles. The number of rotatable bonds is 4. The number of hydrogen-bond donors (Lipinski definition) is 0. The van der Waals surface area contributed by atoms with Crippen LogP contribution >= 0.6 is 0 Å². The molecule has 1 nitrogen and oxygen atoms in total. The van der Waals surface area contributed by atoms with E-state index in [0.717, 1.165) is 99.1 Å². The molecule has 246 valence electrons. The molecule has 1 heterocycles. The van der Waals surface area contributed by atoms with Crippen LogP contribution in [0.2, 0.25) is 0 Å². The van der Waals surface area contributed by atoms with E-state index in [2.05, 4.69) is 115 Å². The van der Waals surface area contributed by atoms with Crippen molar-refractivity contribution in [3.63, 3.8) is 0 Å². The molecule has 0 amide bonds. The summed E-state index contributed by atoms with van der Waals surface area (Å²) in [6.45, 7) is 0. The Morgan fingerprint density at radius 2 is 1.08 bits per heavy atom. The molecule has 53 heavy (non-hydrogen) atoms. The van der Waals surface area contributed by atoms with E-state index >= 15 is 0 Å². The van der Waals surface area contributed by atoms with Gasteiger partial charge in [0.1, 0.15) is 11.5 Å². The van der Waals surface area contributed by atoms with Crippen molar-refractivity contribution in [1.29, 1.82) is 0 Å². The number of benzene rings is 10. The van der Waals surface area contributed by atoms with Gasteiger partial charge in [0.25, 0.3) is 0 Å². The van der Waals surface area contributed by atoms with Crippen LogP contribution in [0.25, 0.3) is 98.7 Å². The average Bonchev–Trinajstić information content (AvgIpc) is 3.27. The second-order valence-electron chi connectivity index (χ2n) is 13.7. The maximum Gasteiger partial charge on any atom is 0.135 e. The Kier molecular flexibility index (Phi) is 5.58. The third-order valence-corrected chi connectivity index (χ3v) is 10.7. The molecule has 0 saturated carbocycles. The van der Waals surface area contributed by atoms with E-state index < -0.39 is 6.04 Å². The van der Waals surface area contributed by atoms with E-state index in [0.29, 0.717) is 5.56 Å². The second-order valence-corrected chi connectivity index (χ2v) is 13.7. The summed E-state index contributed by atoms with van der Waals surface area (Å²) in [5.74, 6) is 1.57. The topological polar surface area (TPSA) is 9.23 Å². The SMILES string of the molecule is [2H]c1c([2H])c([2H])c(-c2cc(-c3ccc4c5c(cccc35)-c3cc(-c5ccccc5)ccc3O4)cc(-c3c4ccccc4cc4c3ccc3ccccc34)c2)c([2H])c1[2H]. The van der Waals surface area contributed by atoms with E-state index in [9.17, 15) is 0 Å². The van der Waals surface area contributed by atoms with Crippen molar-refractivity contribution in [3.05, 3.63) is 194 Å². The smallest absolute Gasteiger partial charge is 0.135 e. The molecule has 11 rings (SSSR count). The minimum Gasteiger partial charge on any atom is -0.456 e. The molecule has 0 saturated heterocycles. The lowest BCUT2D eigenvalue weighted by Crippen LogP contribution is -1.98. The molecule has 0 atom stereocenters. The Hall–Kier alpha value is -6.96. The van der Waals surface area contributed by atoms with Crippen LogP contribution in [-0.4, -0.2) is 0 Å². The van der Waals surface area contributed by atoms with Gasteiger partial charge in [0.15, 0.2) is 0 Å². The fourth-order valence-electron chi connectivity index (χ4n) is 8.29. The zero-order valence-electron chi connectivity index (χ0n) is 33.5. The molecular weight excluding hydrogens is 641 g/mol. The van der Waals surface area contributed by atoms with Gasteiger partial charge < -0.3 is 4.74 Å². The van der Waals surface area contributed by atoms with Crippen LogP contribution < -0.4 is 4.74 Å². The van der Waals surface area contributed by atoms with Crippen molar-refractivity contribution >= 4 is 43.1 Å². The highest BCUT2D eigenvalue weighted by atomic mass is 16.5. The minimum atomic E-state index is -0.415. The van der Waals surface area contributed by atoms with Gasteiger partial charge in [-0.15, -0.1) is 0 Å². The molecular formula is C52H32O. The van der Waals surface area contributed by atoms with Crippen LogP contribution in [0.1, 0.15) is 6.85 Å². The highest BCUT2D eigenvalue weighted by Gasteiger charge is 2.23. The Morgan fingerprint density at radius 3 is 1.96 bits per heavy atom. The maximum atomic E-state index is 9.06. The normalized spacial score (nSPS) is 13.2. The van der Waals surface area contributed by atoms with Crippen LogP contribution in [-0.2, 0) is 0 Å². The van der Waals surface area contributed by atoms with E-state index in [-0.39, 0.29) is 29.7 Å². The number of ether oxygens (including phenoxy) is 1. The molecule has 0 spiro atoms. The third kappa shape index (κ3) is 4.79. The maximum absolute atomic E-state index is 9.06. The van der Waals surface area contributed by atoms with Gasteiger partial charge in [-0.25, -0.2) is 0 Å². The molecule has 1 heteroatoms. The Bertz CT molecular complexity index is 3340. The third-order valence-electron chi connectivity index (χ3n) is 10.7. The van der Waals surface area contributed by atoms with Crippen LogP contribution in [0.5, 0.6) is 11.5 Å². The number of fused-ring (bicyclic) bond motifs is 6. The lowest BCUT2D eigenvalue weighted by molar-refractivity contribution is 0.487. The molecule has 0 fully saturated rings. The fraction of sp³-hybridized carbons (Fsp3) is 0. The molecule has 0 radical (unpaired) electrons. The summed E-state index contributed by atoms with van der Waals surface area (Å²) >= 11 is 0. The molecule has 1 aliphatic rings. The first-order valence-electron chi connectivity index (χ1n) is 20.3. The van der Waals surface area contributed by atoms with Gasteiger partial charge in [0.2, 0.25) is 0 Å². The van der Waals surface area contributed by atoms with Gasteiger partial charge in [-0.2, -0.15) is 0 Å². The largest absolute Gasteiger partial charge is 0.456 e. The van der Waals surface area contributed by atoms with Crippen molar-refractivity contribution in [2.24, 2.45) is 0 Å². The monoisotopic (exact) mass is 677 g/mol. The van der Waals surface area contributed by atoms with Crippen molar-refractivity contribution in [2.75, 3.05) is 0 Å². The molecule has 0 bridgehead atoms. The van der Waals surface area contributed by atoms with E-state index in [1.165, 1.54) is 0 Å². The molecule has 0 N–H and O–H groups in total. The van der Waals surface area contributed by atoms with Gasteiger partial charge in [-0.1, -0.05) is 152 Å². The predicted octanol–water partition coefficient (Wildman–Crippen LogP) is 14.7. The summed E-state index contributed by atoms with van der Waals surface area (Å²) in [6.07, 6.45) is 0. The zero-order valence-corrected chi connectivity index (χ0v) is 28.5. The summed E-state index contributed by atoms with van der Waals surface area (Å²) in [7, 11) is 0. The van der Waals surface area contributed by atoms with Crippen molar-refractivity contribution in [1.82, 2.24) is 0 Å². The molecule has 0 unspecified atom stereocenters. The van der Waals surface area contributed by atoms with Gasteiger partial charge >= 0.3 is 0 Å². The van der Waals surface area contributed by atoms with Gasteiger partial charge in [0, 0.05) is 10.9 Å². The first kappa shape index (κ1) is 25.1. The highest BCUT2D eigenvalue weighted by molar-refractivity contribution is 6.20. The Morgan fingerprint density at radius 1 is 0.340 bits per heavy atom. The van der Waals surface area contributed by atoms with E-state index in [1.54, 1.807) is 0 Å². The van der Waals surface area contributed by atoms with Crippen LogP contribution in [0.15, 0.2) is 194 Å². The Labute approximate surface area is 315 Å². The van der Waals surface area contributed by atoms with Gasteiger partial charge in [-0.05, 0) is 130 Å². The first-order valence-corrected chi connectivity index (χ1v) is 17.8. The summed E-state index contributed by atoms with van der Waals surface area (Å²) in [5, 5.41) is 8.61. The summed E-state index contributed by atoms with van der Waals surface area (Å²) in [5.41, 5.74) is 8.72. The van der Waals surface area contributed by atoms with Crippen LogP contribution in [0.4, 0.5) is 0 Å². The van der Waals surface area contributed by atoms with Crippen molar-refractivity contribution in [2.45, 2.75) is 0 Å².